The molecule has 2 rings (SSSR count). The second kappa shape index (κ2) is 8.52. The second-order valence-electron chi connectivity index (χ2n) is 6.05. The number of aliphatic carboxylic acids is 1. The van der Waals surface area contributed by atoms with Gasteiger partial charge in [-0.15, -0.1) is 6.42 Å². The molecule has 0 radical (unpaired) electrons. The van der Waals surface area contributed by atoms with Crippen LogP contribution in [0.4, 0.5) is 0 Å². The fraction of sp³-hybridized carbons (Fsp3) is 0.200. The molecule has 27 heavy (non-hydrogen) atoms. The molecule has 2 N–H and O–H groups in total. The molecule has 0 aliphatic rings. The molecule has 7 heteroatoms. The van der Waals surface area contributed by atoms with Crippen LogP contribution in [0.2, 0.25) is 0 Å². The minimum absolute atomic E-state index is 0.219. The Kier molecular flexibility index (Phi) is 6.37. The summed E-state index contributed by atoms with van der Waals surface area (Å²) in [4.78, 5) is 24.1. The van der Waals surface area contributed by atoms with Crippen molar-refractivity contribution in [2.45, 2.75) is 12.5 Å². The predicted octanol–water partition coefficient (Wildman–Crippen LogP) is 1.95. The minimum Gasteiger partial charge on any atom is -0.480 e. The molecule has 0 saturated heterocycles. The molecule has 140 valence electrons. The van der Waals surface area contributed by atoms with Gasteiger partial charge in [-0.05, 0) is 35.7 Å². The van der Waals surface area contributed by atoms with E-state index in [1.807, 2.05) is 30.3 Å². The molecule has 0 fully saturated rings. The standard InChI is InChI=1S/C20H19NO5S/c1-3-14-9-10-16(17(13-14)15-7-5-4-6-8-15)19(22)21-18(20(23)24)11-12-27(2,25)26/h1,4-10,13,18H,11-12H2,2H3,(H,21,22)(H,23,24)/t18-/m0/s1. The highest BCUT2D eigenvalue weighted by atomic mass is 32.2. The van der Waals surface area contributed by atoms with Crippen molar-refractivity contribution in [2.75, 3.05) is 12.0 Å². The summed E-state index contributed by atoms with van der Waals surface area (Å²) < 4.78 is 22.6. The van der Waals surface area contributed by atoms with Crippen LogP contribution in [-0.4, -0.2) is 43.5 Å². The number of carbonyl (C=O) groups is 2. The molecule has 2 aromatic carbocycles. The number of carboxylic acids is 1. The first-order valence-corrected chi connectivity index (χ1v) is 10.1. The molecule has 0 saturated carbocycles. The van der Waals surface area contributed by atoms with E-state index in [9.17, 15) is 23.1 Å². The van der Waals surface area contributed by atoms with E-state index in [1.54, 1.807) is 12.1 Å². The third-order valence-corrected chi connectivity index (χ3v) is 4.87. The maximum absolute atomic E-state index is 12.7. The fourth-order valence-electron chi connectivity index (χ4n) is 2.51. The number of terminal acetylenes is 1. The molecule has 0 aliphatic carbocycles. The SMILES string of the molecule is C#Cc1ccc(C(=O)N[C@@H](CCS(C)(=O)=O)C(=O)O)c(-c2ccccc2)c1. The zero-order chi connectivity index (χ0) is 20.0. The lowest BCUT2D eigenvalue weighted by Crippen LogP contribution is -2.42. The van der Waals surface area contributed by atoms with E-state index in [4.69, 9.17) is 6.42 Å². The monoisotopic (exact) mass is 385 g/mol. The van der Waals surface area contributed by atoms with Crippen molar-refractivity contribution in [2.24, 2.45) is 0 Å². The van der Waals surface area contributed by atoms with Gasteiger partial charge >= 0.3 is 5.97 Å². The van der Waals surface area contributed by atoms with Gasteiger partial charge in [0.1, 0.15) is 15.9 Å². The number of carbonyl (C=O) groups excluding carboxylic acids is 1. The first-order chi connectivity index (χ1) is 12.7. The Hall–Kier alpha value is -3.11. The van der Waals surface area contributed by atoms with Gasteiger partial charge in [0, 0.05) is 17.4 Å². The number of benzene rings is 2. The van der Waals surface area contributed by atoms with E-state index in [0.717, 1.165) is 11.8 Å². The summed E-state index contributed by atoms with van der Waals surface area (Å²) in [5.41, 5.74) is 2.15. The van der Waals surface area contributed by atoms with E-state index in [0.29, 0.717) is 11.1 Å². The molecule has 0 heterocycles. The average Bonchev–Trinajstić information content (AvgIpc) is 2.64. The van der Waals surface area contributed by atoms with Crippen LogP contribution >= 0.6 is 0 Å². The number of carboxylic acid groups (broad SMARTS) is 1. The number of amides is 1. The summed E-state index contributed by atoms with van der Waals surface area (Å²) in [6.45, 7) is 0. The summed E-state index contributed by atoms with van der Waals surface area (Å²) >= 11 is 0. The Bertz CT molecular complexity index is 991. The topological polar surface area (TPSA) is 101 Å². The summed E-state index contributed by atoms with van der Waals surface area (Å²) in [7, 11) is -3.35. The maximum atomic E-state index is 12.7. The molecule has 2 aromatic rings. The maximum Gasteiger partial charge on any atom is 0.326 e. The van der Waals surface area contributed by atoms with E-state index >= 15 is 0 Å². The first kappa shape index (κ1) is 20.2. The van der Waals surface area contributed by atoms with Crippen LogP contribution < -0.4 is 5.32 Å². The highest BCUT2D eigenvalue weighted by molar-refractivity contribution is 7.90. The number of nitrogens with one attached hydrogen (secondary N) is 1. The molecule has 0 bridgehead atoms. The van der Waals surface area contributed by atoms with Crippen molar-refractivity contribution in [1.29, 1.82) is 0 Å². The molecule has 1 atom stereocenters. The fourth-order valence-corrected chi connectivity index (χ4v) is 3.18. The van der Waals surface area contributed by atoms with Crippen LogP contribution in [-0.2, 0) is 14.6 Å². The minimum atomic E-state index is -3.35. The van der Waals surface area contributed by atoms with E-state index in [1.165, 1.54) is 6.07 Å². The van der Waals surface area contributed by atoms with Crippen molar-refractivity contribution in [1.82, 2.24) is 5.32 Å². The number of rotatable bonds is 7. The van der Waals surface area contributed by atoms with Gasteiger partial charge < -0.3 is 10.4 Å². The van der Waals surface area contributed by atoms with Gasteiger partial charge in [-0.25, -0.2) is 13.2 Å². The third kappa shape index (κ3) is 5.69. The highest BCUT2D eigenvalue weighted by Crippen LogP contribution is 2.25. The molecule has 6 nitrogen and oxygen atoms in total. The smallest absolute Gasteiger partial charge is 0.326 e. The van der Waals surface area contributed by atoms with Gasteiger partial charge in [0.15, 0.2) is 0 Å². The van der Waals surface area contributed by atoms with E-state index in [-0.39, 0.29) is 17.7 Å². The first-order valence-electron chi connectivity index (χ1n) is 8.09. The second-order valence-corrected chi connectivity index (χ2v) is 8.31. The lowest BCUT2D eigenvalue weighted by atomic mass is 9.96. The van der Waals surface area contributed by atoms with Crippen LogP contribution in [0.5, 0.6) is 0 Å². The van der Waals surface area contributed by atoms with Gasteiger partial charge in [-0.2, -0.15) is 0 Å². The summed E-state index contributed by atoms with van der Waals surface area (Å²) in [5, 5.41) is 11.7. The zero-order valence-electron chi connectivity index (χ0n) is 14.7. The van der Waals surface area contributed by atoms with Crippen LogP contribution in [0.25, 0.3) is 11.1 Å². The summed E-state index contributed by atoms with van der Waals surface area (Å²) in [6.07, 6.45) is 6.23. The average molecular weight is 385 g/mol. The van der Waals surface area contributed by atoms with Gasteiger partial charge in [0.05, 0.1) is 5.75 Å². The number of hydrogen-bond donors (Lipinski definition) is 2. The lowest BCUT2D eigenvalue weighted by Gasteiger charge is -2.16. The largest absolute Gasteiger partial charge is 0.480 e. The van der Waals surface area contributed by atoms with E-state index in [2.05, 4.69) is 11.2 Å². The molecule has 0 aliphatic heterocycles. The Morgan fingerprint density at radius 3 is 2.41 bits per heavy atom. The predicted molar refractivity (Wildman–Crippen MR) is 103 cm³/mol. The van der Waals surface area contributed by atoms with Crippen molar-refractivity contribution in [3.05, 3.63) is 59.7 Å². The van der Waals surface area contributed by atoms with Gasteiger partial charge in [0.2, 0.25) is 0 Å². The van der Waals surface area contributed by atoms with Crippen LogP contribution in [0.3, 0.4) is 0 Å². The van der Waals surface area contributed by atoms with Crippen LogP contribution in [0.1, 0.15) is 22.3 Å². The highest BCUT2D eigenvalue weighted by Gasteiger charge is 2.23. The van der Waals surface area contributed by atoms with Crippen LogP contribution in [0.15, 0.2) is 48.5 Å². The molecule has 1 amide bonds. The Balaban J connectivity index is 2.35. The van der Waals surface area contributed by atoms with Gasteiger partial charge in [0.25, 0.3) is 5.91 Å². The molecular formula is C20H19NO5S. The molecule has 0 aromatic heterocycles. The summed E-state index contributed by atoms with van der Waals surface area (Å²) in [5.74, 6) is 0.255. The van der Waals surface area contributed by atoms with Crippen molar-refractivity contribution < 1.29 is 23.1 Å². The van der Waals surface area contributed by atoms with Gasteiger partial charge in [-0.3, -0.25) is 4.79 Å². The quantitative estimate of drug-likeness (QED) is 0.710. The van der Waals surface area contributed by atoms with Crippen LogP contribution in [0, 0.1) is 12.3 Å². The van der Waals surface area contributed by atoms with Crippen molar-refractivity contribution >= 4 is 21.7 Å². The molecule has 0 unspecified atom stereocenters. The zero-order valence-corrected chi connectivity index (χ0v) is 15.5. The lowest BCUT2D eigenvalue weighted by molar-refractivity contribution is -0.139. The number of hydrogen-bond acceptors (Lipinski definition) is 4. The number of sulfone groups is 1. The Morgan fingerprint density at radius 1 is 1.19 bits per heavy atom. The van der Waals surface area contributed by atoms with Crippen molar-refractivity contribution in [3.8, 4) is 23.5 Å². The Labute approximate surface area is 158 Å². The molecular weight excluding hydrogens is 366 g/mol. The third-order valence-electron chi connectivity index (χ3n) is 3.90. The Morgan fingerprint density at radius 2 is 1.85 bits per heavy atom. The van der Waals surface area contributed by atoms with Gasteiger partial charge in [-0.1, -0.05) is 36.3 Å². The normalized spacial score (nSPS) is 12.0. The molecule has 0 spiro atoms. The van der Waals surface area contributed by atoms with E-state index < -0.39 is 27.8 Å². The van der Waals surface area contributed by atoms with Crippen molar-refractivity contribution in [3.63, 3.8) is 0 Å². The summed E-state index contributed by atoms with van der Waals surface area (Å²) in [6, 6.07) is 12.6.